The third-order valence-corrected chi connectivity index (χ3v) is 6.75. The van der Waals surface area contributed by atoms with Crippen LogP contribution >= 0.6 is 0 Å². The third-order valence-electron chi connectivity index (χ3n) is 3.98. The number of amides is 1. The Hall–Kier alpha value is -0.970. The molecule has 0 radical (unpaired) electrons. The summed E-state index contributed by atoms with van der Waals surface area (Å²) in [4.78, 5) is 23.8. The van der Waals surface area contributed by atoms with Gasteiger partial charge >= 0.3 is 29.6 Å². The molecule has 9 nitrogen and oxygen atoms in total. The van der Waals surface area contributed by atoms with Gasteiger partial charge in [0.05, 0.1) is 31.2 Å². The first kappa shape index (κ1) is 16.4. The molecule has 3 heterocycles. The van der Waals surface area contributed by atoms with E-state index >= 15 is 0 Å². The number of β-lactam (4-membered cyclic amide) rings is 1. The minimum atomic E-state index is -3.84. The van der Waals surface area contributed by atoms with Crippen LogP contribution in [0.4, 0.5) is 0 Å². The monoisotopic (exact) mass is 322 g/mol. The Morgan fingerprint density at radius 3 is 2.71 bits per heavy atom. The average molecular weight is 322 g/mol. The molecule has 108 valence electrons. The molecule has 1 amide bonds. The van der Waals surface area contributed by atoms with Gasteiger partial charge in [-0.1, -0.05) is 5.21 Å². The summed E-state index contributed by atoms with van der Waals surface area (Å²) in [6.07, 6.45) is 2.61. The van der Waals surface area contributed by atoms with E-state index in [9.17, 15) is 23.1 Å². The number of sulfone groups is 1. The largest absolute Gasteiger partial charge is 1.00 e. The van der Waals surface area contributed by atoms with Crippen molar-refractivity contribution in [3.63, 3.8) is 0 Å². The molecule has 3 atom stereocenters. The summed E-state index contributed by atoms with van der Waals surface area (Å²) in [6.45, 7) is 1.10. The van der Waals surface area contributed by atoms with E-state index in [2.05, 4.69) is 10.3 Å². The number of aromatic nitrogens is 3. The van der Waals surface area contributed by atoms with Crippen LogP contribution in [0.2, 0.25) is 0 Å². The smallest absolute Gasteiger partial charge is 0.548 e. The van der Waals surface area contributed by atoms with Gasteiger partial charge < -0.3 is 14.8 Å². The van der Waals surface area contributed by atoms with Gasteiger partial charge in [-0.3, -0.25) is 9.48 Å². The molecule has 11 heteroatoms. The predicted octanol–water partition coefficient (Wildman–Crippen LogP) is -5.85. The molecule has 0 bridgehead atoms. The Bertz CT molecular complexity index is 690. The van der Waals surface area contributed by atoms with Gasteiger partial charge in [0.2, 0.25) is 5.91 Å². The summed E-state index contributed by atoms with van der Waals surface area (Å²) in [5.74, 6) is -2.07. The topological polar surface area (TPSA) is 125 Å². The first-order valence-corrected chi connectivity index (χ1v) is 7.43. The fraction of sp³-hybridized carbons (Fsp3) is 0.600. The van der Waals surface area contributed by atoms with Crippen LogP contribution in [0.15, 0.2) is 12.4 Å². The zero-order valence-electron chi connectivity index (χ0n) is 11.5. The molecular weight excluding hydrogens is 311 g/mol. The number of carboxylic acids is 1. The van der Waals surface area contributed by atoms with Crippen LogP contribution in [0.1, 0.15) is 13.3 Å². The van der Waals surface area contributed by atoms with Crippen LogP contribution in [0, 0.1) is 0 Å². The van der Waals surface area contributed by atoms with Crippen LogP contribution in [0.5, 0.6) is 0 Å². The molecule has 21 heavy (non-hydrogen) atoms. The summed E-state index contributed by atoms with van der Waals surface area (Å²) >= 11 is 0. The average Bonchev–Trinajstić information content (AvgIpc) is 2.87. The second-order valence-electron chi connectivity index (χ2n) is 5.14. The molecule has 1 aromatic rings. The maximum absolute atomic E-state index is 12.5. The first-order chi connectivity index (χ1) is 9.29. The van der Waals surface area contributed by atoms with Crippen LogP contribution in [0.3, 0.4) is 0 Å². The Labute approximate surface area is 142 Å². The SMILES string of the molecule is CC1(Cn2ccnn2)[C@@H](C(=O)[O-])N2C(=O)CC2S1(=O)=O.[Na+]. The number of carbonyl (C=O) groups excluding carboxylic acids is 2. The maximum Gasteiger partial charge on any atom is 1.00 e. The van der Waals surface area contributed by atoms with E-state index in [1.807, 2.05) is 0 Å². The number of hydrogen-bond acceptors (Lipinski definition) is 7. The molecule has 2 saturated heterocycles. The fourth-order valence-corrected chi connectivity index (χ4v) is 5.26. The summed E-state index contributed by atoms with van der Waals surface area (Å²) in [7, 11) is -3.84. The zero-order chi connectivity index (χ0) is 14.7. The van der Waals surface area contributed by atoms with Crippen molar-refractivity contribution in [1.29, 1.82) is 0 Å². The van der Waals surface area contributed by atoms with Gasteiger partial charge in [-0.15, -0.1) is 5.10 Å². The van der Waals surface area contributed by atoms with Crippen molar-refractivity contribution in [1.82, 2.24) is 19.9 Å². The standard InChI is InChI=1S/C10H12N4O5S.Na/c1-10(5-13-3-2-11-12-13)8(9(16)17)14-6(15)4-7(14)20(10,18)19;/h2-3,7-8H,4-5H2,1H3,(H,16,17);/q;+1/p-1/t7?,8-,10?;/m1./s1. The molecule has 0 saturated carbocycles. The Morgan fingerprint density at radius 2 is 2.24 bits per heavy atom. The number of nitrogens with zero attached hydrogens (tertiary/aromatic N) is 4. The number of aliphatic carboxylic acids is 1. The van der Waals surface area contributed by atoms with Crippen molar-refractivity contribution in [3.8, 4) is 0 Å². The van der Waals surface area contributed by atoms with E-state index in [1.54, 1.807) is 0 Å². The van der Waals surface area contributed by atoms with Gasteiger partial charge in [0.15, 0.2) is 9.84 Å². The van der Waals surface area contributed by atoms with Crippen LogP contribution < -0.4 is 34.7 Å². The molecule has 2 fully saturated rings. The zero-order valence-corrected chi connectivity index (χ0v) is 14.3. The number of rotatable bonds is 3. The summed E-state index contributed by atoms with van der Waals surface area (Å²) < 4.78 is 24.6. The third kappa shape index (κ3) is 2.04. The van der Waals surface area contributed by atoms with Gasteiger partial charge in [-0.2, -0.15) is 0 Å². The Balaban J connectivity index is 0.00000161. The second kappa shape index (κ2) is 5.04. The van der Waals surface area contributed by atoms with Gasteiger partial charge in [0.25, 0.3) is 0 Å². The predicted molar refractivity (Wildman–Crippen MR) is 61.4 cm³/mol. The molecular formula is C10H11N4NaO5S. The molecule has 0 spiro atoms. The summed E-state index contributed by atoms with van der Waals surface area (Å²) in [6, 6.07) is -1.51. The molecule has 3 rings (SSSR count). The van der Waals surface area contributed by atoms with Crippen molar-refractivity contribution in [2.75, 3.05) is 0 Å². The van der Waals surface area contributed by atoms with E-state index in [1.165, 1.54) is 24.0 Å². The maximum atomic E-state index is 12.5. The number of hydrogen-bond donors (Lipinski definition) is 0. The number of fused-ring (bicyclic) bond motifs is 1. The molecule has 0 aliphatic carbocycles. The molecule has 0 aromatic carbocycles. The Morgan fingerprint density at radius 1 is 1.57 bits per heavy atom. The van der Waals surface area contributed by atoms with E-state index in [-0.39, 0.29) is 42.5 Å². The van der Waals surface area contributed by atoms with Gasteiger partial charge in [-0.25, -0.2) is 8.42 Å². The van der Waals surface area contributed by atoms with Crippen molar-refractivity contribution in [2.24, 2.45) is 0 Å². The first-order valence-electron chi connectivity index (χ1n) is 5.88. The van der Waals surface area contributed by atoms with Gasteiger partial charge in [0.1, 0.15) is 10.1 Å². The van der Waals surface area contributed by atoms with Crippen LogP contribution in [0.25, 0.3) is 0 Å². The number of carboxylic acid groups (broad SMARTS) is 1. The minimum absolute atomic E-state index is 0. The van der Waals surface area contributed by atoms with Crippen LogP contribution in [-0.2, 0) is 26.0 Å². The molecule has 0 N–H and O–H groups in total. The van der Waals surface area contributed by atoms with E-state index in [0.29, 0.717) is 0 Å². The Kier molecular flexibility index (Phi) is 3.94. The van der Waals surface area contributed by atoms with Crippen molar-refractivity contribution >= 4 is 21.7 Å². The molecule has 2 unspecified atom stereocenters. The molecule has 2 aliphatic rings. The summed E-state index contributed by atoms with van der Waals surface area (Å²) in [5.41, 5.74) is 0. The normalized spacial score (nSPS) is 33.0. The fourth-order valence-electron chi connectivity index (χ4n) is 2.91. The van der Waals surface area contributed by atoms with Gasteiger partial charge in [0, 0.05) is 6.20 Å². The van der Waals surface area contributed by atoms with Crippen molar-refractivity contribution in [3.05, 3.63) is 12.4 Å². The van der Waals surface area contributed by atoms with Crippen molar-refractivity contribution in [2.45, 2.75) is 36.1 Å². The molecule has 1 aromatic heterocycles. The van der Waals surface area contributed by atoms with E-state index in [4.69, 9.17) is 0 Å². The van der Waals surface area contributed by atoms with Crippen LogP contribution in [-0.4, -0.2) is 56.4 Å². The quantitative estimate of drug-likeness (QED) is 0.401. The number of carbonyl (C=O) groups is 2. The minimum Gasteiger partial charge on any atom is -0.548 e. The van der Waals surface area contributed by atoms with E-state index < -0.39 is 37.9 Å². The summed E-state index contributed by atoms with van der Waals surface area (Å²) in [5, 5.41) is 17.5. The van der Waals surface area contributed by atoms with E-state index in [0.717, 1.165) is 4.90 Å². The second-order valence-corrected chi connectivity index (χ2v) is 7.71. The molecule has 2 aliphatic heterocycles. The van der Waals surface area contributed by atoms with Gasteiger partial charge in [-0.05, 0) is 6.92 Å². The van der Waals surface area contributed by atoms with Crippen molar-refractivity contribution < 1.29 is 52.7 Å².